The Hall–Kier alpha value is -2.75. The summed E-state index contributed by atoms with van der Waals surface area (Å²) >= 11 is 13.1. The van der Waals surface area contributed by atoms with E-state index in [1.807, 2.05) is 37.3 Å². The van der Waals surface area contributed by atoms with Crippen molar-refractivity contribution in [3.05, 3.63) is 76.4 Å². The lowest BCUT2D eigenvalue weighted by molar-refractivity contribution is 0.415. The first-order valence-electron chi connectivity index (χ1n) is 9.10. The Morgan fingerprint density at radius 2 is 1.45 bits per heavy atom. The molecule has 0 saturated carbocycles. The highest BCUT2D eigenvalue weighted by molar-refractivity contribution is 6.39. The lowest BCUT2D eigenvalue weighted by atomic mass is 9.98. The minimum absolute atomic E-state index is 0.505. The number of pyridine rings is 1. The molecule has 0 aliphatic heterocycles. The quantitative estimate of drug-likeness (QED) is 0.347. The number of benzene rings is 3. The molecule has 0 amide bonds. The molecule has 0 spiro atoms. The Bertz CT molecular complexity index is 1200. The van der Waals surface area contributed by atoms with Gasteiger partial charge in [0.05, 0.1) is 29.8 Å². The van der Waals surface area contributed by atoms with Crippen molar-refractivity contribution in [1.82, 2.24) is 4.98 Å². The minimum Gasteiger partial charge on any atom is -0.496 e. The van der Waals surface area contributed by atoms with Crippen LogP contribution in [0.3, 0.4) is 0 Å². The molecule has 0 aliphatic carbocycles. The lowest BCUT2D eigenvalue weighted by Gasteiger charge is -2.14. The molecule has 3 aromatic carbocycles. The Balaban J connectivity index is 1.82. The standard InChI is InChI=1S/C24H19Cl2NO2/c1-14-23(24(26)18-12-19(25)22(29-3)13-20(18)27-14)16-10-8-15(9-11-16)17-6-4-5-7-21(17)28-2/h4-13H,1-3H3. The predicted octanol–water partition coefficient (Wildman–Crippen LogP) is 7.20. The van der Waals surface area contributed by atoms with E-state index in [9.17, 15) is 0 Å². The smallest absolute Gasteiger partial charge is 0.139 e. The minimum atomic E-state index is 0.505. The summed E-state index contributed by atoms with van der Waals surface area (Å²) in [6.45, 7) is 1.95. The molecule has 0 N–H and O–H groups in total. The Kier molecular flexibility index (Phi) is 5.35. The molecule has 0 radical (unpaired) electrons. The maximum absolute atomic E-state index is 6.79. The van der Waals surface area contributed by atoms with Gasteiger partial charge in [-0.2, -0.15) is 0 Å². The molecule has 1 aromatic heterocycles. The van der Waals surface area contributed by atoms with Crippen molar-refractivity contribution in [2.45, 2.75) is 6.92 Å². The molecule has 0 fully saturated rings. The van der Waals surface area contributed by atoms with Crippen LogP contribution in [0.4, 0.5) is 0 Å². The van der Waals surface area contributed by atoms with Gasteiger partial charge in [0.15, 0.2) is 0 Å². The monoisotopic (exact) mass is 423 g/mol. The van der Waals surface area contributed by atoms with Crippen molar-refractivity contribution in [2.75, 3.05) is 14.2 Å². The number of nitrogens with zero attached hydrogens (tertiary/aromatic N) is 1. The summed E-state index contributed by atoms with van der Waals surface area (Å²) in [7, 11) is 3.26. The highest BCUT2D eigenvalue weighted by Gasteiger charge is 2.16. The fraction of sp³-hybridized carbons (Fsp3) is 0.125. The summed E-state index contributed by atoms with van der Waals surface area (Å²) in [6, 6.07) is 19.8. The highest BCUT2D eigenvalue weighted by Crippen LogP contribution is 2.40. The van der Waals surface area contributed by atoms with Gasteiger partial charge in [-0.3, -0.25) is 4.98 Å². The van der Waals surface area contributed by atoms with Gasteiger partial charge in [-0.05, 0) is 30.2 Å². The molecule has 146 valence electrons. The molecule has 0 unspecified atom stereocenters. The van der Waals surface area contributed by atoms with E-state index in [0.717, 1.165) is 44.6 Å². The highest BCUT2D eigenvalue weighted by atomic mass is 35.5. The second-order valence-electron chi connectivity index (χ2n) is 6.67. The van der Waals surface area contributed by atoms with Crippen molar-refractivity contribution in [3.8, 4) is 33.8 Å². The molecule has 4 aromatic rings. The van der Waals surface area contributed by atoms with Crippen LogP contribution in [0.5, 0.6) is 11.5 Å². The third-order valence-electron chi connectivity index (χ3n) is 4.97. The Morgan fingerprint density at radius 3 is 2.14 bits per heavy atom. The summed E-state index contributed by atoms with van der Waals surface area (Å²) < 4.78 is 10.8. The number of methoxy groups -OCH3 is 2. The van der Waals surface area contributed by atoms with E-state index in [1.54, 1.807) is 20.3 Å². The third kappa shape index (κ3) is 3.52. The topological polar surface area (TPSA) is 31.4 Å². The number of halogens is 2. The molecule has 0 saturated heterocycles. The van der Waals surface area contributed by atoms with Gasteiger partial charge in [0.1, 0.15) is 11.5 Å². The van der Waals surface area contributed by atoms with Gasteiger partial charge in [-0.25, -0.2) is 0 Å². The average Bonchev–Trinajstić information content (AvgIpc) is 2.74. The number of para-hydroxylation sites is 1. The summed E-state index contributed by atoms with van der Waals surface area (Å²) in [5.74, 6) is 1.42. The van der Waals surface area contributed by atoms with E-state index in [4.69, 9.17) is 37.7 Å². The molecule has 5 heteroatoms. The zero-order chi connectivity index (χ0) is 20.5. The van der Waals surface area contributed by atoms with Gasteiger partial charge in [0.2, 0.25) is 0 Å². The number of aryl methyl sites for hydroxylation is 1. The van der Waals surface area contributed by atoms with Crippen LogP contribution >= 0.6 is 23.2 Å². The second-order valence-corrected chi connectivity index (χ2v) is 7.45. The van der Waals surface area contributed by atoms with Crippen LogP contribution in [0.25, 0.3) is 33.2 Å². The van der Waals surface area contributed by atoms with Crippen LogP contribution in [0, 0.1) is 6.92 Å². The first-order chi connectivity index (χ1) is 14.0. The van der Waals surface area contributed by atoms with Gasteiger partial charge >= 0.3 is 0 Å². The molecule has 4 rings (SSSR count). The van der Waals surface area contributed by atoms with E-state index in [1.165, 1.54) is 0 Å². The Morgan fingerprint density at radius 1 is 0.793 bits per heavy atom. The average molecular weight is 424 g/mol. The fourth-order valence-electron chi connectivity index (χ4n) is 3.53. The maximum atomic E-state index is 6.79. The zero-order valence-electron chi connectivity index (χ0n) is 16.3. The molecular formula is C24H19Cl2NO2. The summed E-state index contributed by atoms with van der Waals surface area (Å²) in [4.78, 5) is 4.73. The number of rotatable bonds is 4. The predicted molar refractivity (Wildman–Crippen MR) is 120 cm³/mol. The van der Waals surface area contributed by atoms with Crippen LogP contribution in [0.15, 0.2) is 60.7 Å². The largest absolute Gasteiger partial charge is 0.496 e. The van der Waals surface area contributed by atoms with E-state index in [0.29, 0.717) is 15.8 Å². The van der Waals surface area contributed by atoms with Crippen LogP contribution in [-0.2, 0) is 0 Å². The van der Waals surface area contributed by atoms with E-state index in [-0.39, 0.29) is 0 Å². The SMILES string of the molecule is COc1cc2nc(C)c(-c3ccc(-c4ccccc4OC)cc3)c(Cl)c2cc1Cl. The summed E-state index contributed by atoms with van der Waals surface area (Å²) in [6.07, 6.45) is 0. The van der Waals surface area contributed by atoms with Crippen molar-refractivity contribution in [1.29, 1.82) is 0 Å². The van der Waals surface area contributed by atoms with Crippen LogP contribution in [-0.4, -0.2) is 19.2 Å². The number of fused-ring (bicyclic) bond motifs is 1. The first-order valence-corrected chi connectivity index (χ1v) is 9.86. The van der Waals surface area contributed by atoms with Gasteiger partial charge in [-0.15, -0.1) is 0 Å². The summed E-state index contributed by atoms with van der Waals surface area (Å²) in [5.41, 5.74) is 5.60. The summed E-state index contributed by atoms with van der Waals surface area (Å²) in [5, 5.41) is 1.93. The van der Waals surface area contributed by atoms with E-state index < -0.39 is 0 Å². The van der Waals surface area contributed by atoms with Crippen LogP contribution in [0.2, 0.25) is 10.0 Å². The first kappa shape index (κ1) is 19.6. The van der Waals surface area contributed by atoms with Crippen LogP contribution in [0.1, 0.15) is 5.69 Å². The molecule has 29 heavy (non-hydrogen) atoms. The van der Waals surface area contributed by atoms with Gasteiger partial charge in [0.25, 0.3) is 0 Å². The van der Waals surface area contributed by atoms with Gasteiger partial charge < -0.3 is 9.47 Å². The second kappa shape index (κ2) is 7.94. The molecule has 0 aliphatic rings. The van der Waals surface area contributed by atoms with Crippen molar-refractivity contribution in [3.63, 3.8) is 0 Å². The van der Waals surface area contributed by atoms with E-state index >= 15 is 0 Å². The van der Waals surface area contributed by atoms with Crippen LogP contribution < -0.4 is 9.47 Å². The van der Waals surface area contributed by atoms with Crippen molar-refractivity contribution >= 4 is 34.1 Å². The van der Waals surface area contributed by atoms with Gasteiger partial charge in [0, 0.05) is 28.3 Å². The molecule has 0 atom stereocenters. The maximum Gasteiger partial charge on any atom is 0.139 e. The molecular weight excluding hydrogens is 405 g/mol. The number of hydrogen-bond donors (Lipinski definition) is 0. The normalized spacial score (nSPS) is 10.9. The fourth-order valence-corrected chi connectivity index (χ4v) is 4.17. The number of aromatic nitrogens is 1. The molecule has 3 nitrogen and oxygen atoms in total. The number of ether oxygens (including phenoxy) is 2. The molecule has 1 heterocycles. The van der Waals surface area contributed by atoms with Crippen molar-refractivity contribution in [2.24, 2.45) is 0 Å². The zero-order valence-corrected chi connectivity index (χ0v) is 17.8. The lowest BCUT2D eigenvalue weighted by Crippen LogP contribution is -1.94. The Labute approximate surface area is 179 Å². The molecule has 0 bridgehead atoms. The van der Waals surface area contributed by atoms with Crippen molar-refractivity contribution < 1.29 is 9.47 Å². The van der Waals surface area contributed by atoms with Gasteiger partial charge in [-0.1, -0.05) is 65.7 Å². The number of hydrogen-bond acceptors (Lipinski definition) is 3. The third-order valence-corrected chi connectivity index (χ3v) is 5.66. The van der Waals surface area contributed by atoms with E-state index in [2.05, 4.69) is 24.3 Å².